The van der Waals surface area contributed by atoms with E-state index in [4.69, 9.17) is 5.73 Å². The number of amides is 1. The molecule has 0 bridgehead atoms. The molecule has 190 valence electrons. The maximum atomic E-state index is 14.4. The largest absolute Gasteiger partial charge is 0.505 e. The lowest BCUT2D eigenvalue weighted by Crippen LogP contribution is -2.33. The zero-order chi connectivity index (χ0) is 26.8. The standard InChI is InChI=1S/C26H18F3N7O2/c1-26(13-3-5-15(28)19(37)9-13)20-21(30)33-22(34-23(20)35-25(26)38)18-11-36-7-6-31-24(36)17(32-18)8-12-2-4-14(27)10-16(12)29/h2-7,9-11,37H,8H2,1H3,(H3,30,33,34,35,38)/t26-/m0/s1. The second-order valence-electron chi connectivity index (χ2n) is 9.04. The number of halogens is 3. The average Bonchev–Trinajstić information content (AvgIpc) is 3.45. The molecule has 1 atom stereocenters. The number of hydrogen-bond acceptors (Lipinski definition) is 7. The lowest BCUT2D eigenvalue weighted by Gasteiger charge is -2.23. The van der Waals surface area contributed by atoms with Crippen molar-refractivity contribution in [2.24, 2.45) is 0 Å². The summed E-state index contributed by atoms with van der Waals surface area (Å²) in [4.78, 5) is 30.9. The number of aromatic nitrogens is 5. The Morgan fingerprint density at radius 3 is 2.66 bits per heavy atom. The van der Waals surface area contributed by atoms with Crippen LogP contribution in [0.15, 0.2) is 55.0 Å². The molecule has 12 heteroatoms. The smallest absolute Gasteiger partial charge is 0.240 e. The molecule has 0 fully saturated rings. The van der Waals surface area contributed by atoms with Gasteiger partial charge in [0.15, 0.2) is 23.0 Å². The van der Waals surface area contributed by atoms with Gasteiger partial charge in [-0.15, -0.1) is 0 Å². The molecular weight excluding hydrogens is 499 g/mol. The Hall–Kier alpha value is -5.00. The number of hydrogen-bond donors (Lipinski definition) is 3. The van der Waals surface area contributed by atoms with Crippen LogP contribution in [0.2, 0.25) is 0 Å². The molecule has 0 aliphatic carbocycles. The number of benzene rings is 2. The Bertz CT molecular complexity index is 1790. The third kappa shape index (κ3) is 3.52. The Morgan fingerprint density at radius 1 is 1.08 bits per heavy atom. The molecule has 5 aromatic rings. The van der Waals surface area contributed by atoms with Gasteiger partial charge < -0.3 is 20.6 Å². The van der Waals surface area contributed by atoms with Crippen molar-refractivity contribution in [1.82, 2.24) is 24.3 Å². The number of nitrogens with zero attached hydrogens (tertiary/aromatic N) is 5. The maximum absolute atomic E-state index is 14.4. The first-order chi connectivity index (χ1) is 18.1. The van der Waals surface area contributed by atoms with E-state index in [1.165, 1.54) is 12.1 Å². The van der Waals surface area contributed by atoms with E-state index in [-0.39, 0.29) is 40.7 Å². The van der Waals surface area contributed by atoms with Crippen LogP contribution in [0.5, 0.6) is 5.75 Å². The zero-order valence-corrected chi connectivity index (χ0v) is 19.7. The van der Waals surface area contributed by atoms with Crippen molar-refractivity contribution in [2.45, 2.75) is 18.8 Å². The summed E-state index contributed by atoms with van der Waals surface area (Å²) in [7, 11) is 0. The van der Waals surface area contributed by atoms with E-state index in [0.717, 1.165) is 24.3 Å². The molecule has 38 heavy (non-hydrogen) atoms. The van der Waals surface area contributed by atoms with E-state index in [2.05, 4.69) is 25.3 Å². The first kappa shape index (κ1) is 23.4. The van der Waals surface area contributed by atoms with Crippen LogP contribution in [0.1, 0.15) is 29.3 Å². The van der Waals surface area contributed by atoms with Gasteiger partial charge in [-0.2, -0.15) is 0 Å². The Morgan fingerprint density at radius 2 is 1.89 bits per heavy atom. The van der Waals surface area contributed by atoms with Gasteiger partial charge in [0.05, 0.1) is 11.3 Å². The summed E-state index contributed by atoms with van der Waals surface area (Å²) >= 11 is 0. The second kappa shape index (κ2) is 8.26. The minimum Gasteiger partial charge on any atom is -0.505 e. The summed E-state index contributed by atoms with van der Waals surface area (Å²) < 4.78 is 43.1. The number of rotatable bonds is 4. The van der Waals surface area contributed by atoms with E-state index < -0.39 is 34.5 Å². The third-order valence-electron chi connectivity index (χ3n) is 6.69. The lowest BCUT2D eigenvalue weighted by atomic mass is 9.77. The third-order valence-corrected chi connectivity index (χ3v) is 6.69. The van der Waals surface area contributed by atoms with Gasteiger partial charge in [0.1, 0.15) is 34.4 Å². The molecule has 4 heterocycles. The fourth-order valence-corrected chi connectivity index (χ4v) is 4.69. The number of nitrogens with one attached hydrogen (secondary N) is 1. The monoisotopic (exact) mass is 517 g/mol. The first-order valence-electron chi connectivity index (χ1n) is 11.4. The molecule has 4 N–H and O–H groups in total. The highest BCUT2D eigenvalue weighted by Gasteiger charge is 2.48. The minimum absolute atomic E-state index is 0.0176. The molecule has 0 unspecified atom stereocenters. The zero-order valence-electron chi connectivity index (χ0n) is 19.7. The Labute approximate surface area is 212 Å². The molecule has 3 aromatic heterocycles. The molecule has 9 nitrogen and oxygen atoms in total. The number of aromatic hydroxyl groups is 1. The summed E-state index contributed by atoms with van der Waals surface area (Å²) in [5, 5.41) is 12.6. The number of phenolic OH excluding ortho intramolecular Hbond substituents is 1. The van der Waals surface area contributed by atoms with Crippen molar-refractivity contribution in [3.63, 3.8) is 0 Å². The van der Waals surface area contributed by atoms with Gasteiger partial charge in [0.2, 0.25) is 5.91 Å². The van der Waals surface area contributed by atoms with Gasteiger partial charge in [-0.05, 0) is 36.2 Å². The summed E-state index contributed by atoms with van der Waals surface area (Å²) in [5.41, 5.74) is 6.85. The molecule has 1 aliphatic heterocycles. The number of imidazole rings is 1. The number of nitrogens with two attached hydrogens (primary N) is 1. The van der Waals surface area contributed by atoms with Gasteiger partial charge in [0.25, 0.3) is 0 Å². The number of anilines is 2. The van der Waals surface area contributed by atoms with Crippen LogP contribution in [0.3, 0.4) is 0 Å². The van der Waals surface area contributed by atoms with E-state index in [1.807, 2.05) is 0 Å². The van der Waals surface area contributed by atoms with Gasteiger partial charge in [-0.1, -0.05) is 12.1 Å². The molecule has 1 amide bonds. The summed E-state index contributed by atoms with van der Waals surface area (Å²) in [5.74, 6) is -3.11. The molecule has 1 aliphatic rings. The van der Waals surface area contributed by atoms with E-state index in [1.54, 1.807) is 29.9 Å². The van der Waals surface area contributed by atoms with Crippen LogP contribution in [-0.2, 0) is 16.6 Å². The summed E-state index contributed by atoms with van der Waals surface area (Å²) in [6, 6.07) is 6.90. The number of carbonyl (C=O) groups is 1. The Kier molecular flexibility index (Phi) is 5.09. The molecular formula is C26H18F3N7O2. The van der Waals surface area contributed by atoms with Crippen LogP contribution >= 0.6 is 0 Å². The average molecular weight is 517 g/mol. The fraction of sp³-hybridized carbons (Fsp3) is 0.115. The van der Waals surface area contributed by atoms with Gasteiger partial charge in [-0.3, -0.25) is 4.79 Å². The van der Waals surface area contributed by atoms with Crippen LogP contribution in [0, 0.1) is 17.5 Å². The predicted octanol–water partition coefficient (Wildman–Crippen LogP) is 3.74. The van der Waals surface area contributed by atoms with Crippen LogP contribution < -0.4 is 11.1 Å². The fourth-order valence-electron chi connectivity index (χ4n) is 4.69. The molecule has 0 saturated carbocycles. The van der Waals surface area contributed by atoms with Crippen molar-refractivity contribution >= 4 is 23.2 Å². The van der Waals surface area contributed by atoms with Crippen molar-refractivity contribution in [3.05, 3.63) is 94.8 Å². The first-order valence-corrected chi connectivity index (χ1v) is 11.4. The molecule has 2 aromatic carbocycles. The van der Waals surface area contributed by atoms with Crippen molar-refractivity contribution in [3.8, 4) is 17.3 Å². The van der Waals surface area contributed by atoms with Gasteiger partial charge >= 0.3 is 0 Å². The maximum Gasteiger partial charge on any atom is 0.240 e. The summed E-state index contributed by atoms with van der Waals surface area (Å²) in [6.07, 6.45) is 4.85. The SMILES string of the molecule is C[C@@]1(c2ccc(F)c(O)c2)C(=O)Nc2nc(-c3cn4ccnc4c(Cc4ccc(F)cc4F)n3)nc(N)c21. The molecule has 0 radical (unpaired) electrons. The van der Waals surface area contributed by atoms with Crippen molar-refractivity contribution in [2.75, 3.05) is 11.1 Å². The van der Waals surface area contributed by atoms with Crippen LogP contribution in [0.25, 0.3) is 17.2 Å². The molecule has 0 spiro atoms. The highest BCUT2D eigenvalue weighted by atomic mass is 19.1. The predicted molar refractivity (Wildman–Crippen MR) is 131 cm³/mol. The number of nitrogen functional groups attached to an aromatic ring is 1. The minimum atomic E-state index is -1.39. The Balaban J connectivity index is 1.46. The van der Waals surface area contributed by atoms with E-state index in [0.29, 0.717) is 16.9 Å². The lowest BCUT2D eigenvalue weighted by molar-refractivity contribution is -0.119. The van der Waals surface area contributed by atoms with E-state index >= 15 is 0 Å². The second-order valence-corrected chi connectivity index (χ2v) is 9.04. The highest BCUT2D eigenvalue weighted by molar-refractivity contribution is 6.09. The van der Waals surface area contributed by atoms with Crippen molar-refractivity contribution in [1.29, 1.82) is 0 Å². The highest BCUT2D eigenvalue weighted by Crippen LogP contribution is 2.45. The normalized spacial score (nSPS) is 16.6. The van der Waals surface area contributed by atoms with Gasteiger partial charge in [-0.25, -0.2) is 33.1 Å². The number of phenols is 1. The number of carbonyl (C=O) groups excluding carboxylic acids is 1. The number of fused-ring (bicyclic) bond motifs is 2. The molecule has 0 saturated heterocycles. The van der Waals surface area contributed by atoms with Crippen LogP contribution in [-0.4, -0.2) is 35.4 Å². The summed E-state index contributed by atoms with van der Waals surface area (Å²) in [6.45, 7) is 1.57. The van der Waals surface area contributed by atoms with Crippen molar-refractivity contribution < 1.29 is 23.1 Å². The van der Waals surface area contributed by atoms with Gasteiger partial charge in [0, 0.05) is 31.1 Å². The topological polar surface area (TPSA) is 131 Å². The van der Waals surface area contributed by atoms with Crippen LogP contribution in [0.4, 0.5) is 24.8 Å². The quantitative estimate of drug-likeness (QED) is 0.331. The van der Waals surface area contributed by atoms with E-state index in [9.17, 15) is 23.1 Å². The molecule has 6 rings (SSSR count).